The van der Waals surface area contributed by atoms with Crippen molar-refractivity contribution in [3.8, 4) is 0 Å². The van der Waals surface area contributed by atoms with Crippen LogP contribution in [0.25, 0.3) is 0 Å². The second-order valence-electron chi connectivity index (χ2n) is 6.37. The summed E-state index contributed by atoms with van der Waals surface area (Å²) in [6.45, 7) is 2.10. The normalized spacial score (nSPS) is 29.6. The van der Waals surface area contributed by atoms with E-state index in [1.807, 2.05) is 30.3 Å². The van der Waals surface area contributed by atoms with Gasteiger partial charge in [-0.3, -0.25) is 9.69 Å². The van der Waals surface area contributed by atoms with Gasteiger partial charge in [-0.25, -0.2) is 12.7 Å². The SMILES string of the molecule is CS(=O)(=O)N1C[C@H]2CN(Cc3ccccc3)C[C@@]2(C(=O)O)C1. The molecule has 0 unspecified atom stereocenters. The molecular weight excluding hydrogens is 304 g/mol. The second-order valence-corrected chi connectivity index (χ2v) is 8.35. The van der Waals surface area contributed by atoms with E-state index in [9.17, 15) is 18.3 Å². The van der Waals surface area contributed by atoms with E-state index in [-0.39, 0.29) is 12.5 Å². The van der Waals surface area contributed by atoms with E-state index in [0.29, 0.717) is 26.2 Å². The molecule has 1 aromatic rings. The minimum Gasteiger partial charge on any atom is -0.481 e. The first-order chi connectivity index (χ1) is 10.3. The van der Waals surface area contributed by atoms with Crippen LogP contribution in [0.5, 0.6) is 0 Å². The third-order valence-corrected chi connectivity index (χ3v) is 6.01. The maximum atomic E-state index is 11.8. The quantitative estimate of drug-likeness (QED) is 0.871. The predicted octanol–water partition coefficient (Wildman–Crippen LogP) is 0.465. The fraction of sp³-hybridized carbons (Fsp3) is 0.533. The van der Waals surface area contributed by atoms with E-state index in [2.05, 4.69) is 4.90 Å². The monoisotopic (exact) mass is 324 g/mol. The van der Waals surface area contributed by atoms with E-state index in [1.165, 1.54) is 4.31 Å². The summed E-state index contributed by atoms with van der Waals surface area (Å²) < 4.78 is 24.8. The standard InChI is InChI=1S/C15H20N2O4S/c1-22(20,21)17-9-13-8-16(7-12-5-3-2-4-6-12)10-15(13,11-17)14(18)19/h2-6,13H,7-11H2,1H3,(H,18,19)/t13-,15-/m1/s1. The van der Waals surface area contributed by atoms with Gasteiger partial charge in [0.25, 0.3) is 0 Å². The number of carboxylic acid groups (broad SMARTS) is 1. The molecule has 22 heavy (non-hydrogen) atoms. The van der Waals surface area contributed by atoms with Gasteiger partial charge < -0.3 is 5.11 Å². The maximum absolute atomic E-state index is 11.8. The van der Waals surface area contributed by atoms with E-state index in [0.717, 1.165) is 11.8 Å². The van der Waals surface area contributed by atoms with Crippen molar-refractivity contribution in [1.29, 1.82) is 0 Å². The summed E-state index contributed by atoms with van der Waals surface area (Å²) in [7, 11) is -3.34. The summed E-state index contributed by atoms with van der Waals surface area (Å²) in [6, 6.07) is 9.91. The molecule has 2 saturated heterocycles. The van der Waals surface area contributed by atoms with Crippen molar-refractivity contribution in [2.24, 2.45) is 11.3 Å². The van der Waals surface area contributed by atoms with Gasteiger partial charge in [-0.2, -0.15) is 0 Å². The second kappa shape index (κ2) is 5.33. The molecule has 0 spiro atoms. The van der Waals surface area contributed by atoms with Crippen LogP contribution in [0.2, 0.25) is 0 Å². The molecule has 1 N–H and O–H groups in total. The highest BCUT2D eigenvalue weighted by molar-refractivity contribution is 7.88. The molecule has 2 heterocycles. The molecule has 0 aliphatic carbocycles. The molecule has 0 bridgehead atoms. The Morgan fingerprint density at radius 1 is 1.27 bits per heavy atom. The first-order valence-corrected chi connectivity index (χ1v) is 9.11. The number of hydrogen-bond acceptors (Lipinski definition) is 4. The van der Waals surface area contributed by atoms with E-state index >= 15 is 0 Å². The predicted molar refractivity (Wildman–Crippen MR) is 81.7 cm³/mol. The number of rotatable bonds is 4. The molecule has 2 aliphatic heterocycles. The molecule has 0 radical (unpaired) electrons. The fourth-order valence-corrected chi connectivity index (χ4v) is 4.56. The summed E-state index contributed by atoms with van der Waals surface area (Å²) in [5, 5.41) is 9.69. The maximum Gasteiger partial charge on any atom is 0.312 e. The topological polar surface area (TPSA) is 77.9 Å². The van der Waals surface area contributed by atoms with Crippen molar-refractivity contribution >= 4 is 16.0 Å². The Balaban J connectivity index is 1.78. The number of sulfonamides is 1. The first-order valence-electron chi connectivity index (χ1n) is 7.26. The van der Waals surface area contributed by atoms with Crippen LogP contribution < -0.4 is 0 Å². The van der Waals surface area contributed by atoms with E-state index < -0.39 is 21.4 Å². The number of aliphatic carboxylic acids is 1. The third kappa shape index (κ3) is 2.64. The molecule has 1 aromatic carbocycles. The lowest BCUT2D eigenvalue weighted by Crippen LogP contribution is -2.41. The summed E-state index contributed by atoms with van der Waals surface area (Å²) in [6.07, 6.45) is 1.14. The fourth-order valence-electron chi connectivity index (χ4n) is 3.64. The molecule has 0 saturated carbocycles. The lowest BCUT2D eigenvalue weighted by atomic mass is 9.81. The molecule has 0 amide bonds. The highest BCUT2D eigenvalue weighted by Gasteiger charge is 2.58. The van der Waals surface area contributed by atoms with Crippen LogP contribution in [-0.2, 0) is 21.4 Å². The lowest BCUT2D eigenvalue weighted by molar-refractivity contribution is -0.148. The van der Waals surface area contributed by atoms with E-state index in [1.54, 1.807) is 0 Å². The zero-order valence-corrected chi connectivity index (χ0v) is 13.3. The molecule has 2 atom stereocenters. The van der Waals surface area contributed by atoms with Crippen LogP contribution in [0.3, 0.4) is 0 Å². The van der Waals surface area contributed by atoms with Crippen LogP contribution in [0.1, 0.15) is 5.56 Å². The van der Waals surface area contributed by atoms with Crippen LogP contribution >= 0.6 is 0 Å². The Hall–Kier alpha value is -1.44. The van der Waals surface area contributed by atoms with Crippen LogP contribution in [0.4, 0.5) is 0 Å². The number of hydrogen-bond donors (Lipinski definition) is 1. The number of carboxylic acids is 1. The van der Waals surface area contributed by atoms with Gasteiger partial charge in [0.1, 0.15) is 0 Å². The van der Waals surface area contributed by atoms with Crippen LogP contribution in [-0.4, -0.2) is 61.1 Å². The van der Waals surface area contributed by atoms with Gasteiger partial charge in [-0.15, -0.1) is 0 Å². The lowest BCUT2D eigenvalue weighted by Gasteiger charge is -2.24. The number of carbonyl (C=O) groups is 1. The summed E-state index contributed by atoms with van der Waals surface area (Å²) in [5.41, 5.74) is 0.167. The largest absolute Gasteiger partial charge is 0.481 e. The summed E-state index contributed by atoms with van der Waals surface area (Å²) in [5.74, 6) is -1.04. The van der Waals surface area contributed by atoms with Gasteiger partial charge in [0.05, 0.1) is 11.7 Å². The zero-order chi connectivity index (χ0) is 16.0. The van der Waals surface area contributed by atoms with Crippen molar-refractivity contribution < 1.29 is 18.3 Å². The van der Waals surface area contributed by atoms with Crippen molar-refractivity contribution in [2.45, 2.75) is 6.54 Å². The number of fused-ring (bicyclic) bond motifs is 1. The minimum atomic E-state index is -3.34. The van der Waals surface area contributed by atoms with Crippen LogP contribution in [0, 0.1) is 11.3 Å². The smallest absolute Gasteiger partial charge is 0.312 e. The molecule has 2 aliphatic rings. The molecule has 2 fully saturated rings. The first kappa shape index (κ1) is 15.5. The van der Waals surface area contributed by atoms with Crippen molar-refractivity contribution in [3.63, 3.8) is 0 Å². The Morgan fingerprint density at radius 2 is 1.95 bits per heavy atom. The molecule has 7 heteroatoms. The van der Waals surface area contributed by atoms with Crippen molar-refractivity contribution in [1.82, 2.24) is 9.21 Å². The number of likely N-dealkylation sites (tertiary alicyclic amines) is 1. The highest BCUT2D eigenvalue weighted by atomic mass is 32.2. The molecule has 3 rings (SSSR count). The van der Waals surface area contributed by atoms with Crippen molar-refractivity contribution in [2.75, 3.05) is 32.4 Å². The Labute approximate surface area is 130 Å². The number of benzene rings is 1. The average Bonchev–Trinajstić information content (AvgIpc) is 2.94. The summed E-state index contributed by atoms with van der Waals surface area (Å²) >= 11 is 0. The van der Waals surface area contributed by atoms with Gasteiger partial charge >= 0.3 is 5.97 Å². The van der Waals surface area contributed by atoms with Crippen LogP contribution in [0.15, 0.2) is 30.3 Å². The van der Waals surface area contributed by atoms with Gasteiger partial charge in [-0.1, -0.05) is 30.3 Å². The van der Waals surface area contributed by atoms with E-state index in [4.69, 9.17) is 0 Å². The molecule has 6 nitrogen and oxygen atoms in total. The van der Waals surface area contributed by atoms with Gasteiger partial charge in [0, 0.05) is 38.6 Å². The molecular formula is C15H20N2O4S. The summed E-state index contributed by atoms with van der Waals surface area (Å²) in [4.78, 5) is 13.9. The van der Waals surface area contributed by atoms with Gasteiger partial charge in [-0.05, 0) is 5.56 Å². The highest BCUT2D eigenvalue weighted by Crippen LogP contribution is 2.43. The van der Waals surface area contributed by atoms with Gasteiger partial charge in [0.15, 0.2) is 0 Å². The Bertz CT molecular complexity index is 676. The average molecular weight is 324 g/mol. The van der Waals surface area contributed by atoms with Crippen molar-refractivity contribution in [3.05, 3.63) is 35.9 Å². The Morgan fingerprint density at radius 3 is 2.50 bits per heavy atom. The van der Waals surface area contributed by atoms with Gasteiger partial charge in [0.2, 0.25) is 10.0 Å². The Kier molecular flexibility index (Phi) is 3.74. The number of nitrogens with zero attached hydrogens (tertiary/aromatic N) is 2. The minimum absolute atomic E-state index is 0.0805. The molecule has 0 aromatic heterocycles. The zero-order valence-electron chi connectivity index (χ0n) is 12.5. The molecule has 120 valence electrons. The third-order valence-electron chi connectivity index (χ3n) is 4.79.